The van der Waals surface area contributed by atoms with E-state index in [0.29, 0.717) is 4.91 Å². The van der Waals surface area contributed by atoms with Crippen molar-refractivity contribution in [3.63, 3.8) is 0 Å². The van der Waals surface area contributed by atoms with Gasteiger partial charge in [0.2, 0.25) is 5.91 Å². The van der Waals surface area contributed by atoms with Crippen LogP contribution in [0, 0.1) is 0 Å². The van der Waals surface area contributed by atoms with E-state index in [9.17, 15) is 14.4 Å². The Morgan fingerprint density at radius 3 is 2.57 bits per heavy atom. The summed E-state index contributed by atoms with van der Waals surface area (Å²) in [6, 6.07) is 16.9. The zero-order chi connectivity index (χ0) is 21.1. The van der Waals surface area contributed by atoms with Gasteiger partial charge in [-0.15, -0.1) is 6.58 Å². The summed E-state index contributed by atoms with van der Waals surface area (Å²) in [6.07, 6.45) is 5.06. The summed E-state index contributed by atoms with van der Waals surface area (Å²) < 4.78 is 1.84. The number of carbonyl (C=O) groups excluding carboxylic acids is 3. The number of anilines is 1. The molecule has 30 heavy (non-hydrogen) atoms. The van der Waals surface area contributed by atoms with E-state index in [2.05, 4.69) is 11.9 Å². The first kappa shape index (κ1) is 19.7. The van der Waals surface area contributed by atoms with Crippen molar-refractivity contribution in [2.24, 2.45) is 0 Å². The Morgan fingerprint density at radius 2 is 1.80 bits per heavy atom. The number of thioether (sulfide) groups is 1. The third-order valence-corrected chi connectivity index (χ3v) is 5.57. The minimum Gasteiger partial charge on any atom is -0.337 e. The number of imide groups is 1. The van der Waals surface area contributed by atoms with Gasteiger partial charge in [-0.3, -0.25) is 19.3 Å². The van der Waals surface area contributed by atoms with Crippen LogP contribution in [0.3, 0.4) is 0 Å². The molecule has 6 nitrogen and oxygen atoms in total. The first-order valence-corrected chi connectivity index (χ1v) is 10.2. The predicted molar refractivity (Wildman–Crippen MR) is 120 cm³/mol. The van der Waals surface area contributed by atoms with Crippen LogP contribution in [0.4, 0.5) is 10.5 Å². The molecule has 0 atom stereocenters. The second-order valence-electron chi connectivity index (χ2n) is 6.72. The van der Waals surface area contributed by atoms with E-state index in [1.54, 1.807) is 6.08 Å². The highest BCUT2D eigenvalue weighted by molar-refractivity contribution is 8.18. The highest BCUT2D eigenvalue weighted by Crippen LogP contribution is 2.34. The number of para-hydroxylation sites is 2. The Hall–Kier alpha value is -3.58. The van der Waals surface area contributed by atoms with E-state index in [-0.39, 0.29) is 30.1 Å². The number of benzene rings is 2. The number of fused-ring (bicyclic) bond motifs is 1. The van der Waals surface area contributed by atoms with Gasteiger partial charge in [0.15, 0.2) is 0 Å². The van der Waals surface area contributed by atoms with Crippen molar-refractivity contribution in [1.29, 1.82) is 0 Å². The molecule has 1 aromatic heterocycles. The normalized spacial score (nSPS) is 15.2. The van der Waals surface area contributed by atoms with Crippen LogP contribution in [0.2, 0.25) is 0 Å². The lowest BCUT2D eigenvalue weighted by molar-refractivity contribution is -0.122. The molecule has 0 spiro atoms. The van der Waals surface area contributed by atoms with Crippen molar-refractivity contribution in [2.45, 2.75) is 6.54 Å². The molecule has 1 N–H and O–H groups in total. The fraction of sp³-hybridized carbons (Fsp3) is 0.0870. The molecule has 1 aliphatic heterocycles. The summed E-state index contributed by atoms with van der Waals surface area (Å²) in [5, 5.41) is 3.47. The van der Waals surface area contributed by atoms with Gasteiger partial charge in [0, 0.05) is 34.9 Å². The molecule has 3 amide bonds. The van der Waals surface area contributed by atoms with Gasteiger partial charge < -0.3 is 9.88 Å². The third kappa shape index (κ3) is 3.92. The van der Waals surface area contributed by atoms with Gasteiger partial charge >= 0.3 is 0 Å². The van der Waals surface area contributed by atoms with E-state index in [1.165, 1.54) is 6.08 Å². The number of carbonyl (C=O) groups is 3. The quantitative estimate of drug-likeness (QED) is 0.473. The molecule has 0 aliphatic carbocycles. The van der Waals surface area contributed by atoms with Crippen molar-refractivity contribution in [2.75, 3.05) is 11.9 Å². The Morgan fingerprint density at radius 1 is 1.07 bits per heavy atom. The molecule has 0 saturated carbocycles. The third-order valence-electron chi connectivity index (χ3n) is 4.66. The van der Waals surface area contributed by atoms with Crippen LogP contribution < -0.4 is 5.32 Å². The number of aromatic nitrogens is 1. The number of nitrogens with zero attached hydrogens (tertiary/aromatic N) is 2. The summed E-state index contributed by atoms with van der Waals surface area (Å²) in [6.45, 7) is 3.90. The largest absolute Gasteiger partial charge is 0.337 e. The average Bonchev–Trinajstić information content (AvgIpc) is 3.21. The Bertz CT molecular complexity index is 1180. The van der Waals surface area contributed by atoms with Crippen LogP contribution in [-0.4, -0.2) is 33.1 Å². The van der Waals surface area contributed by atoms with Crippen molar-refractivity contribution in [3.8, 4) is 0 Å². The molecule has 2 heterocycles. The molecule has 0 unspecified atom stereocenters. The van der Waals surface area contributed by atoms with E-state index in [0.717, 1.165) is 38.8 Å². The number of hydrogen-bond donors (Lipinski definition) is 1. The van der Waals surface area contributed by atoms with Gasteiger partial charge in [-0.25, -0.2) is 0 Å². The van der Waals surface area contributed by atoms with Crippen molar-refractivity contribution >= 4 is 51.5 Å². The van der Waals surface area contributed by atoms with Crippen LogP contribution in [-0.2, 0) is 16.1 Å². The van der Waals surface area contributed by atoms with E-state index in [1.807, 2.05) is 65.4 Å². The number of rotatable bonds is 6. The van der Waals surface area contributed by atoms with E-state index < -0.39 is 0 Å². The van der Waals surface area contributed by atoms with Gasteiger partial charge in [-0.2, -0.15) is 0 Å². The lowest BCUT2D eigenvalue weighted by Gasteiger charge is -2.07. The van der Waals surface area contributed by atoms with Gasteiger partial charge in [0.1, 0.15) is 6.54 Å². The SMILES string of the molecule is C=CCN1C(=O)S/C(=C/c2cn(CC(=O)Nc3ccccc3)c3ccccc23)C1=O. The van der Waals surface area contributed by atoms with Gasteiger partial charge in [-0.05, 0) is 36.0 Å². The molecule has 7 heteroatoms. The Balaban J connectivity index is 1.63. The zero-order valence-electron chi connectivity index (χ0n) is 16.1. The van der Waals surface area contributed by atoms with Gasteiger partial charge in [-0.1, -0.05) is 42.5 Å². The fourth-order valence-electron chi connectivity index (χ4n) is 3.33. The maximum atomic E-state index is 12.5. The monoisotopic (exact) mass is 417 g/mol. The molecular weight excluding hydrogens is 398 g/mol. The lowest BCUT2D eigenvalue weighted by atomic mass is 10.1. The predicted octanol–water partition coefficient (Wildman–Crippen LogP) is 4.50. The summed E-state index contributed by atoms with van der Waals surface area (Å²) in [4.78, 5) is 38.7. The summed E-state index contributed by atoms with van der Waals surface area (Å²) in [5.74, 6) is -0.483. The highest BCUT2D eigenvalue weighted by Gasteiger charge is 2.34. The van der Waals surface area contributed by atoms with Crippen LogP contribution in [0.15, 0.2) is 78.4 Å². The highest BCUT2D eigenvalue weighted by atomic mass is 32.2. The molecular formula is C23H19N3O3S. The average molecular weight is 417 g/mol. The van der Waals surface area contributed by atoms with Crippen molar-refractivity contribution in [3.05, 3.63) is 83.9 Å². The minimum absolute atomic E-state index is 0.126. The summed E-state index contributed by atoms with van der Waals surface area (Å²) in [7, 11) is 0. The van der Waals surface area contributed by atoms with Crippen LogP contribution in [0.25, 0.3) is 17.0 Å². The zero-order valence-corrected chi connectivity index (χ0v) is 16.9. The first-order chi connectivity index (χ1) is 14.6. The lowest BCUT2D eigenvalue weighted by Crippen LogP contribution is -2.27. The Kier molecular flexibility index (Phi) is 5.54. The smallest absolute Gasteiger partial charge is 0.293 e. The molecule has 1 aliphatic rings. The Labute approximate surface area is 177 Å². The second kappa shape index (κ2) is 8.42. The van der Waals surface area contributed by atoms with Crippen LogP contribution in [0.1, 0.15) is 5.56 Å². The topological polar surface area (TPSA) is 71.4 Å². The van der Waals surface area contributed by atoms with Crippen molar-refractivity contribution in [1.82, 2.24) is 9.47 Å². The molecule has 2 aromatic carbocycles. The fourth-order valence-corrected chi connectivity index (χ4v) is 4.16. The molecule has 3 aromatic rings. The number of hydrogen-bond acceptors (Lipinski definition) is 4. The second-order valence-corrected chi connectivity index (χ2v) is 7.72. The van der Waals surface area contributed by atoms with E-state index >= 15 is 0 Å². The maximum absolute atomic E-state index is 12.5. The van der Waals surface area contributed by atoms with Gasteiger partial charge in [0.25, 0.3) is 11.1 Å². The standard InChI is InChI=1S/C23H19N3O3S/c1-2-12-26-22(28)20(30-23(26)29)13-16-14-25(19-11-7-6-10-18(16)19)15-21(27)24-17-8-4-3-5-9-17/h2-11,13-14H,1,12,15H2,(H,24,27)/b20-13+. The molecule has 150 valence electrons. The summed E-state index contributed by atoms with van der Waals surface area (Å²) in [5.41, 5.74) is 2.38. The maximum Gasteiger partial charge on any atom is 0.293 e. The minimum atomic E-state index is -0.330. The molecule has 0 bridgehead atoms. The van der Waals surface area contributed by atoms with E-state index in [4.69, 9.17) is 0 Å². The van der Waals surface area contributed by atoms with Gasteiger partial charge in [0.05, 0.1) is 4.91 Å². The number of amides is 3. The molecule has 1 saturated heterocycles. The molecule has 1 fully saturated rings. The summed E-state index contributed by atoms with van der Waals surface area (Å²) >= 11 is 0.912. The molecule has 0 radical (unpaired) electrons. The molecule has 4 rings (SSSR count). The van der Waals surface area contributed by atoms with Crippen LogP contribution in [0.5, 0.6) is 0 Å². The van der Waals surface area contributed by atoms with Crippen LogP contribution >= 0.6 is 11.8 Å². The number of nitrogens with one attached hydrogen (secondary N) is 1. The first-order valence-electron chi connectivity index (χ1n) is 9.36. The van der Waals surface area contributed by atoms with Crippen molar-refractivity contribution < 1.29 is 14.4 Å².